The van der Waals surface area contributed by atoms with Crippen molar-refractivity contribution >= 4 is 27.5 Å². The third-order valence-corrected chi connectivity index (χ3v) is 7.69. The fourth-order valence-electron chi connectivity index (χ4n) is 3.75. The van der Waals surface area contributed by atoms with Crippen LogP contribution in [0.15, 0.2) is 83.8 Å². The average Bonchev–Trinajstić information content (AvgIpc) is 2.88. The van der Waals surface area contributed by atoms with E-state index in [4.69, 9.17) is 0 Å². The Labute approximate surface area is 211 Å². The number of benzene rings is 3. The number of carbonyl (C=O) groups is 2. The number of halogens is 1. The molecule has 0 spiro atoms. The highest BCUT2D eigenvalue weighted by molar-refractivity contribution is 7.92. The Balaban J connectivity index is 1.96. The van der Waals surface area contributed by atoms with Crippen molar-refractivity contribution in [2.45, 2.75) is 31.2 Å². The van der Waals surface area contributed by atoms with Crippen LogP contribution in [0.25, 0.3) is 0 Å². The number of hydrogen-bond donors (Lipinski definition) is 1. The molecular weight excluding hydrogens is 481 g/mol. The number of nitrogens with one attached hydrogen (secondary N) is 1. The molecule has 3 rings (SSSR count). The number of sulfonamides is 1. The molecule has 7 nitrogen and oxygen atoms in total. The molecule has 0 heterocycles. The van der Waals surface area contributed by atoms with Crippen molar-refractivity contribution in [3.63, 3.8) is 0 Å². The van der Waals surface area contributed by atoms with Crippen molar-refractivity contribution in [3.05, 3.63) is 95.8 Å². The zero-order chi connectivity index (χ0) is 26.3. The molecule has 0 radical (unpaired) electrons. The zero-order valence-electron chi connectivity index (χ0n) is 20.5. The smallest absolute Gasteiger partial charge is 0.264 e. The number of likely N-dealkylation sites (N-methyl/N-ethyl adjacent to an activating group) is 1. The van der Waals surface area contributed by atoms with E-state index in [9.17, 15) is 22.4 Å². The van der Waals surface area contributed by atoms with E-state index in [1.165, 1.54) is 11.9 Å². The number of aryl methyl sites for hydroxylation is 1. The first-order valence-corrected chi connectivity index (χ1v) is 13.0. The average molecular weight is 512 g/mol. The summed E-state index contributed by atoms with van der Waals surface area (Å²) in [5, 5.41) is 2.55. The summed E-state index contributed by atoms with van der Waals surface area (Å²) in [6, 6.07) is 19.8. The summed E-state index contributed by atoms with van der Waals surface area (Å²) in [6.45, 7) is 3.16. The van der Waals surface area contributed by atoms with Gasteiger partial charge < -0.3 is 10.2 Å². The number of anilines is 1. The molecule has 0 aromatic heterocycles. The normalized spacial score (nSPS) is 12.0. The molecule has 2 amide bonds. The molecule has 1 N–H and O–H groups in total. The Kier molecular flexibility index (Phi) is 8.82. The summed E-state index contributed by atoms with van der Waals surface area (Å²) < 4.78 is 41.6. The first-order chi connectivity index (χ1) is 17.1. The van der Waals surface area contributed by atoms with Gasteiger partial charge in [-0.1, -0.05) is 48.0 Å². The molecule has 0 aliphatic carbocycles. The van der Waals surface area contributed by atoms with Gasteiger partial charge in [0.1, 0.15) is 18.4 Å². The van der Waals surface area contributed by atoms with Crippen molar-refractivity contribution in [1.29, 1.82) is 0 Å². The van der Waals surface area contributed by atoms with Crippen LogP contribution >= 0.6 is 0 Å². The summed E-state index contributed by atoms with van der Waals surface area (Å²) >= 11 is 0. The van der Waals surface area contributed by atoms with Crippen LogP contribution in [0.2, 0.25) is 0 Å². The Bertz CT molecular complexity index is 1280. The number of amides is 2. The van der Waals surface area contributed by atoms with E-state index in [1.807, 2.05) is 37.3 Å². The lowest BCUT2D eigenvalue weighted by molar-refractivity contribution is -0.138. The topological polar surface area (TPSA) is 86.8 Å². The molecule has 9 heteroatoms. The van der Waals surface area contributed by atoms with Gasteiger partial charge in [-0.05, 0) is 62.2 Å². The Hall–Kier alpha value is -3.72. The molecule has 36 heavy (non-hydrogen) atoms. The summed E-state index contributed by atoms with van der Waals surface area (Å²) in [6.07, 6.45) is 0.489. The highest BCUT2D eigenvalue weighted by Crippen LogP contribution is 2.25. The molecule has 0 aliphatic heterocycles. The van der Waals surface area contributed by atoms with Gasteiger partial charge in [0.05, 0.1) is 10.6 Å². The maximum Gasteiger partial charge on any atom is 0.264 e. The Morgan fingerprint density at radius 1 is 0.944 bits per heavy atom. The molecule has 1 atom stereocenters. The van der Waals surface area contributed by atoms with Gasteiger partial charge in [-0.25, -0.2) is 12.8 Å². The predicted molar refractivity (Wildman–Crippen MR) is 137 cm³/mol. The van der Waals surface area contributed by atoms with Gasteiger partial charge in [0.25, 0.3) is 10.0 Å². The summed E-state index contributed by atoms with van der Waals surface area (Å²) in [5.74, 6) is -1.47. The molecule has 190 valence electrons. The van der Waals surface area contributed by atoms with E-state index in [0.717, 1.165) is 39.7 Å². The minimum atomic E-state index is -4.21. The monoisotopic (exact) mass is 511 g/mol. The van der Waals surface area contributed by atoms with Crippen LogP contribution in [0, 0.1) is 12.7 Å². The molecule has 3 aromatic carbocycles. The molecule has 0 saturated heterocycles. The molecule has 3 aromatic rings. The van der Waals surface area contributed by atoms with Crippen LogP contribution in [0.5, 0.6) is 0 Å². The highest BCUT2D eigenvalue weighted by Gasteiger charge is 2.32. The third-order valence-electron chi connectivity index (χ3n) is 5.90. The lowest BCUT2D eigenvalue weighted by atomic mass is 10.1. The van der Waals surface area contributed by atoms with Crippen molar-refractivity contribution in [1.82, 2.24) is 10.2 Å². The van der Waals surface area contributed by atoms with E-state index in [0.29, 0.717) is 6.42 Å². The van der Waals surface area contributed by atoms with Crippen LogP contribution < -0.4 is 9.62 Å². The van der Waals surface area contributed by atoms with Gasteiger partial charge in [0, 0.05) is 13.6 Å². The van der Waals surface area contributed by atoms with Gasteiger partial charge in [-0.15, -0.1) is 0 Å². The molecule has 0 bridgehead atoms. The van der Waals surface area contributed by atoms with Crippen molar-refractivity contribution in [2.24, 2.45) is 0 Å². The van der Waals surface area contributed by atoms with Crippen LogP contribution in [0.4, 0.5) is 10.1 Å². The SMILES string of the molecule is CNC(=O)C(C)N(CCc1ccccc1)C(=O)CN(c1ccc(C)cc1)S(=O)(=O)c1ccc(F)cc1. The zero-order valence-corrected chi connectivity index (χ0v) is 21.3. The Morgan fingerprint density at radius 3 is 2.14 bits per heavy atom. The summed E-state index contributed by atoms with van der Waals surface area (Å²) in [5.41, 5.74) is 2.18. The Morgan fingerprint density at radius 2 is 1.56 bits per heavy atom. The second-order valence-corrected chi connectivity index (χ2v) is 10.3. The van der Waals surface area contributed by atoms with E-state index in [-0.39, 0.29) is 23.0 Å². The summed E-state index contributed by atoms with van der Waals surface area (Å²) in [7, 11) is -2.73. The predicted octanol–water partition coefficient (Wildman–Crippen LogP) is 3.54. The number of hydrogen-bond acceptors (Lipinski definition) is 4. The second kappa shape index (κ2) is 11.8. The quantitative estimate of drug-likeness (QED) is 0.451. The molecule has 0 fully saturated rings. The largest absolute Gasteiger partial charge is 0.357 e. The third kappa shape index (κ3) is 6.48. The van der Waals surface area contributed by atoms with Crippen LogP contribution in [-0.4, -0.2) is 51.3 Å². The maximum atomic E-state index is 13.6. The fourth-order valence-corrected chi connectivity index (χ4v) is 5.17. The number of rotatable bonds is 10. The van der Waals surface area contributed by atoms with E-state index in [2.05, 4.69) is 5.32 Å². The maximum absolute atomic E-state index is 13.6. The first-order valence-electron chi connectivity index (χ1n) is 11.5. The van der Waals surface area contributed by atoms with Gasteiger partial charge in [0.15, 0.2) is 0 Å². The van der Waals surface area contributed by atoms with Crippen LogP contribution in [0.1, 0.15) is 18.1 Å². The second-order valence-electron chi connectivity index (χ2n) is 8.41. The minimum absolute atomic E-state index is 0.146. The lowest BCUT2D eigenvalue weighted by Crippen LogP contribution is -2.51. The van der Waals surface area contributed by atoms with Gasteiger partial charge in [-0.3, -0.25) is 13.9 Å². The van der Waals surface area contributed by atoms with Crippen molar-refractivity contribution in [2.75, 3.05) is 24.4 Å². The van der Waals surface area contributed by atoms with Gasteiger partial charge in [-0.2, -0.15) is 0 Å². The first kappa shape index (κ1) is 26.9. The number of nitrogens with zero attached hydrogens (tertiary/aromatic N) is 2. The van der Waals surface area contributed by atoms with Crippen molar-refractivity contribution in [3.8, 4) is 0 Å². The standard InChI is InChI=1S/C27H30FN3O4S/c1-20-9-13-24(14-10-20)31(36(34,35)25-15-11-23(28)12-16-25)19-26(32)30(21(2)27(33)29-3)18-17-22-7-5-4-6-8-22/h4-16,21H,17-19H2,1-3H3,(H,29,33). The molecule has 0 saturated carbocycles. The van der Waals surface area contributed by atoms with Crippen LogP contribution in [0.3, 0.4) is 0 Å². The lowest BCUT2D eigenvalue weighted by Gasteiger charge is -2.31. The van der Waals surface area contributed by atoms with Crippen molar-refractivity contribution < 1.29 is 22.4 Å². The van der Waals surface area contributed by atoms with E-state index >= 15 is 0 Å². The van der Waals surface area contributed by atoms with Gasteiger partial charge >= 0.3 is 0 Å². The molecule has 1 unspecified atom stereocenters. The minimum Gasteiger partial charge on any atom is -0.357 e. The van der Waals surface area contributed by atoms with E-state index in [1.54, 1.807) is 31.2 Å². The molecular formula is C27H30FN3O4S. The molecule has 0 aliphatic rings. The summed E-state index contributed by atoms with van der Waals surface area (Å²) in [4.78, 5) is 27.3. The van der Waals surface area contributed by atoms with E-state index < -0.39 is 34.3 Å². The van der Waals surface area contributed by atoms with Crippen LogP contribution in [-0.2, 0) is 26.0 Å². The fraction of sp³-hybridized carbons (Fsp3) is 0.259. The highest BCUT2D eigenvalue weighted by atomic mass is 32.2. The number of carbonyl (C=O) groups excluding carboxylic acids is 2. The van der Waals surface area contributed by atoms with Gasteiger partial charge in [0.2, 0.25) is 11.8 Å².